The molecular weight excluding hydrogens is 364 g/mol. The van der Waals surface area contributed by atoms with E-state index in [1.165, 1.54) is 19.5 Å². The Labute approximate surface area is 168 Å². The van der Waals surface area contributed by atoms with Gasteiger partial charge >= 0.3 is 5.97 Å². The number of pyridine rings is 1. The highest BCUT2D eigenvalue weighted by Crippen LogP contribution is 2.24. The summed E-state index contributed by atoms with van der Waals surface area (Å²) >= 11 is 0. The summed E-state index contributed by atoms with van der Waals surface area (Å²) < 4.78 is 6.64. The Kier molecular flexibility index (Phi) is 5.25. The van der Waals surface area contributed by atoms with Gasteiger partial charge in [-0.1, -0.05) is 48.5 Å². The molecule has 0 fully saturated rings. The monoisotopic (exact) mass is 382 g/mol. The Hall–Kier alpha value is -4.06. The molecule has 29 heavy (non-hydrogen) atoms. The van der Waals surface area contributed by atoms with Gasteiger partial charge in [-0.2, -0.15) is 5.10 Å². The molecule has 0 spiro atoms. The lowest BCUT2D eigenvalue weighted by Crippen LogP contribution is -2.01. The van der Waals surface area contributed by atoms with E-state index < -0.39 is 5.97 Å². The highest BCUT2D eigenvalue weighted by Gasteiger charge is 2.13. The van der Waals surface area contributed by atoms with Crippen molar-refractivity contribution >= 4 is 17.9 Å². The van der Waals surface area contributed by atoms with Crippen LogP contribution >= 0.6 is 0 Å². The van der Waals surface area contributed by atoms with Gasteiger partial charge in [0, 0.05) is 29.7 Å². The second-order valence-electron chi connectivity index (χ2n) is 6.22. The molecule has 0 atom stereocenters. The van der Waals surface area contributed by atoms with Crippen molar-refractivity contribution in [2.24, 2.45) is 4.99 Å². The first-order valence-electron chi connectivity index (χ1n) is 9.03. The summed E-state index contributed by atoms with van der Waals surface area (Å²) in [6.07, 6.45) is 6.67. The van der Waals surface area contributed by atoms with Crippen molar-refractivity contribution in [1.82, 2.24) is 14.8 Å². The number of hydrogen-bond acceptors (Lipinski definition) is 5. The van der Waals surface area contributed by atoms with Crippen LogP contribution in [0.15, 0.2) is 90.3 Å². The SMILES string of the molecule is COC(=O)c1ccncc1N=Cc1cn(-c2ccccc2)nc1-c1ccccc1. The summed E-state index contributed by atoms with van der Waals surface area (Å²) in [6.45, 7) is 0. The van der Waals surface area contributed by atoms with Crippen LogP contribution in [0.3, 0.4) is 0 Å². The molecule has 6 nitrogen and oxygen atoms in total. The van der Waals surface area contributed by atoms with Crippen LogP contribution in [0.1, 0.15) is 15.9 Å². The third-order valence-corrected chi connectivity index (χ3v) is 4.36. The first kappa shape index (κ1) is 18.3. The second kappa shape index (κ2) is 8.31. The molecule has 0 aliphatic rings. The highest BCUT2D eigenvalue weighted by atomic mass is 16.5. The number of aliphatic imine (C=N–C) groups is 1. The number of methoxy groups -OCH3 is 1. The van der Waals surface area contributed by atoms with Gasteiger partial charge in [-0.15, -0.1) is 0 Å². The normalized spacial score (nSPS) is 10.9. The van der Waals surface area contributed by atoms with Gasteiger partial charge in [-0.3, -0.25) is 9.98 Å². The Morgan fingerprint density at radius 3 is 2.48 bits per heavy atom. The van der Waals surface area contributed by atoms with Crippen molar-refractivity contribution in [2.45, 2.75) is 0 Å². The standard InChI is InChI=1S/C23H18N4O2/c1-29-23(28)20-12-13-24-15-21(20)25-14-18-16-27(19-10-6-3-7-11-19)26-22(18)17-8-4-2-5-9-17/h2-16H,1H3. The fourth-order valence-electron chi connectivity index (χ4n) is 2.93. The van der Waals surface area contributed by atoms with E-state index >= 15 is 0 Å². The van der Waals surface area contributed by atoms with Crippen molar-refractivity contribution in [3.8, 4) is 16.9 Å². The third kappa shape index (κ3) is 3.96. The van der Waals surface area contributed by atoms with E-state index in [0.29, 0.717) is 11.3 Å². The number of para-hydroxylation sites is 1. The Morgan fingerprint density at radius 2 is 1.76 bits per heavy atom. The van der Waals surface area contributed by atoms with E-state index in [9.17, 15) is 4.79 Å². The molecule has 0 N–H and O–H groups in total. The topological polar surface area (TPSA) is 69.4 Å². The molecule has 0 radical (unpaired) electrons. The minimum absolute atomic E-state index is 0.357. The van der Waals surface area contributed by atoms with E-state index in [0.717, 1.165) is 22.5 Å². The number of nitrogens with zero attached hydrogens (tertiary/aromatic N) is 4. The first-order chi connectivity index (χ1) is 14.3. The first-order valence-corrected chi connectivity index (χ1v) is 9.03. The molecule has 4 rings (SSSR count). The Morgan fingerprint density at radius 1 is 1.03 bits per heavy atom. The van der Waals surface area contributed by atoms with E-state index in [2.05, 4.69) is 9.98 Å². The lowest BCUT2D eigenvalue weighted by atomic mass is 10.1. The van der Waals surface area contributed by atoms with E-state index in [1.807, 2.05) is 71.5 Å². The zero-order valence-corrected chi connectivity index (χ0v) is 15.8. The maximum Gasteiger partial charge on any atom is 0.340 e. The van der Waals surface area contributed by atoms with Gasteiger partial charge < -0.3 is 4.74 Å². The summed E-state index contributed by atoms with van der Waals surface area (Å²) in [5.41, 5.74) is 4.33. The highest BCUT2D eigenvalue weighted by molar-refractivity contribution is 5.97. The predicted octanol–water partition coefficient (Wildman–Crippen LogP) is 4.47. The van der Waals surface area contributed by atoms with Gasteiger partial charge in [0.15, 0.2) is 0 Å². The number of rotatable bonds is 5. The van der Waals surface area contributed by atoms with Crippen molar-refractivity contribution < 1.29 is 9.53 Å². The number of esters is 1. The average Bonchev–Trinajstić information content (AvgIpc) is 3.23. The summed E-state index contributed by atoms with van der Waals surface area (Å²) in [4.78, 5) is 20.5. The van der Waals surface area contributed by atoms with Gasteiger partial charge in [0.05, 0.1) is 30.2 Å². The molecule has 4 aromatic rings. The van der Waals surface area contributed by atoms with E-state index in [4.69, 9.17) is 9.84 Å². The van der Waals surface area contributed by atoms with Crippen LogP contribution in [-0.4, -0.2) is 34.1 Å². The molecule has 0 saturated heterocycles. The number of benzene rings is 2. The average molecular weight is 382 g/mol. The quantitative estimate of drug-likeness (QED) is 0.377. The molecular formula is C23H18N4O2. The molecule has 2 aromatic heterocycles. The van der Waals surface area contributed by atoms with Crippen LogP contribution in [0.4, 0.5) is 5.69 Å². The van der Waals surface area contributed by atoms with Crippen LogP contribution in [0.25, 0.3) is 16.9 Å². The maximum atomic E-state index is 12.0. The van der Waals surface area contributed by atoms with Crippen LogP contribution in [0.2, 0.25) is 0 Å². The molecule has 2 heterocycles. The largest absolute Gasteiger partial charge is 0.465 e. The Balaban J connectivity index is 1.78. The molecule has 0 aliphatic carbocycles. The molecule has 6 heteroatoms. The number of ether oxygens (including phenoxy) is 1. The van der Waals surface area contributed by atoms with E-state index in [-0.39, 0.29) is 0 Å². The summed E-state index contributed by atoms with van der Waals surface area (Å²) in [6, 6.07) is 21.3. The number of carbonyl (C=O) groups excluding carboxylic acids is 1. The maximum absolute atomic E-state index is 12.0. The van der Waals surface area contributed by atoms with Gasteiger partial charge in [-0.05, 0) is 18.2 Å². The van der Waals surface area contributed by atoms with Gasteiger partial charge in [0.25, 0.3) is 0 Å². The molecule has 2 aromatic carbocycles. The van der Waals surface area contributed by atoms with Crippen molar-refractivity contribution in [3.05, 3.63) is 96.4 Å². The van der Waals surface area contributed by atoms with Crippen LogP contribution in [-0.2, 0) is 4.74 Å². The molecule has 0 unspecified atom stereocenters. The number of carbonyl (C=O) groups is 1. The fraction of sp³-hybridized carbons (Fsp3) is 0.0435. The number of aromatic nitrogens is 3. The Bertz CT molecular complexity index is 1150. The van der Waals surface area contributed by atoms with Crippen LogP contribution in [0.5, 0.6) is 0 Å². The smallest absolute Gasteiger partial charge is 0.340 e. The predicted molar refractivity (Wildman–Crippen MR) is 112 cm³/mol. The zero-order chi connectivity index (χ0) is 20.1. The van der Waals surface area contributed by atoms with Crippen LogP contribution in [0, 0.1) is 0 Å². The molecule has 0 aliphatic heterocycles. The minimum atomic E-state index is -0.456. The molecule has 0 saturated carbocycles. The number of hydrogen-bond donors (Lipinski definition) is 0. The van der Waals surface area contributed by atoms with E-state index in [1.54, 1.807) is 12.3 Å². The summed E-state index contributed by atoms with van der Waals surface area (Å²) in [5.74, 6) is -0.456. The summed E-state index contributed by atoms with van der Waals surface area (Å²) in [5, 5.41) is 4.75. The van der Waals surface area contributed by atoms with Gasteiger partial charge in [-0.25, -0.2) is 9.48 Å². The van der Waals surface area contributed by atoms with Crippen LogP contribution < -0.4 is 0 Å². The minimum Gasteiger partial charge on any atom is -0.465 e. The molecule has 0 amide bonds. The lowest BCUT2D eigenvalue weighted by Gasteiger charge is -2.02. The molecule has 142 valence electrons. The second-order valence-corrected chi connectivity index (χ2v) is 6.22. The van der Waals surface area contributed by atoms with Crippen molar-refractivity contribution in [3.63, 3.8) is 0 Å². The lowest BCUT2D eigenvalue weighted by molar-refractivity contribution is 0.0601. The van der Waals surface area contributed by atoms with Gasteiger partial charge in [0.2, 0.25) is 0 Å². The third-order valence-electron chi connectivity index (χ3n) is 4.36. The molecule has 0 bridgehead atoms. The summed E-state index contributed by atoms with van der Waals surface area (Å²) in [7, 11) is 1.34. The van der Waals surface area contributed by atoms with Crippen molar-refractivity contribution in [2.75, 3.05) is 7.11 Å². The fourth-order valence-corrected chi connectivity index (χ4v) is 2.93. The van der Waals surface area contributed by atoms with Gasteiger partial charge in [0.1, 0.15) is 5.69 Å². The van der Waals surface area contributed by atoms with Crippen molar-refractivity contribution in [1.29, 1.82) is 0 Å². The zero-order valence-electron chi connectivity index (χ0n) is 15.8.